The molecule has 3 rings (SSSR count). The molecule has 1 heteroatoms. The molecule has 0 saturated heterocycles. The molecule has 1 aliphatic rings. The summed E-state index contributed by atoms with van der Waals surface area (Å²) in [6, 6.07) is 18.8. The molecule has 0 saturated carbocycles. The Kier molecular flexibility index (Phi) is 2.92. The van der Waals surface area contributed by atoms with Crippen LogP contribution >= 0.6 is 0 Å². The van der Waals surface area contributed by atoms with Crippen LogP contribution in [0.4, 0.5) is 0 Å². The van der Waals surface area contributed by atoms with Crippen molar-refractivity contribution in [3.8, 4) is 0 Å². The SMILES string of the molecule is OC1(CCc2ccccc2)Cc2ccccc2C1. The summed E-state index contributed by atoms with van der Waals surface area (Å²) in [5.74, 6) is 0. The number of benzene rings is 2. The minimum absolute atomic E-state index is 0.542. The van der Waals surface area contributed by atoms with Crippen molar-refractivity contribution in [2.45, 2.75) is 31.3 Å². The van der Waals surface area contributed by atoms with E-state index in [0.717, 1.165) is 25.7 Å². The maximum atomic E-state index is 10.7. The van der Waals surface area contributed by atoms with Gasteiger partial charge < -0.3 is 5.11 Å². The first-order chi connectivity index (χ1) is 8.75. The van der Waals surface area contributed by atoms with E-state index in [-0.39, 0.29) is 0 Å². The molecular weight excluding hydrogens is 220 g/mol. The summed E-state index contributed by atoms with van der Waals surface area (Å²) in [4.78, 5) is 0. The molecule has 2 aromatic rings. The minimum Gasteiger partial charge on any atom is -0.389 e. The zero-order valence-corrected chi connectivity index (χ0v) is 10.5. The highest BCUT2D eigenvalue weighted by molar-refractivity contribution is 5.35. The number of fused-ring (bicyclic) bond motifs is 1. The monoisotopic (exact) mass is 238 g/mol. The summed E-state index contributed by atoms with van der Waals surface area (Å²) in [7, 11) is 0. The third kappa shape index (κ3) is 2.32. The molecule has 0 heterocycles. The van der Waals surface area contributed by atoms with Crippen LogP contribution in [-0.4, -0.2) is 10.7 Å². The molecular formula is C17H18O. The fourth-order valence-corrected chi connectivity index (χ4v) is 2.87. The van der Waals surface area contributed by atoms with E-state index in [1.165, 1.54) is 16.7 Å². The highest BCUT2D eigenvalue weighted by Gasteiger charge is 2.34. The molecule has 92 valence electrons. The third-order valence-corrected chi connectivity index (χ3v) is 3.88. The number of aliphatic hydroxyl groups is 1. The lowest BCUT2D eigenvalue weighted by Crippen LogP contribution is -2.29. The fraction of sp³-hybridized carbons (Fsp3) is 0.294. The van der Waals surface area contributed by atoms with Gasteiger partial charge in [-0.05, 0) is 29.5 Å². The first-order valence-electron chi connectivity index (χ1n) is 6.58. The maximum absolute atomic E-state index is 10.7. The molecule has 0 fully saturated rings. The Bertz CT molecular complexity index is 505. The molecule has 0 unspecified atom stereocenters. The number of aryl methyl sites for hydroxylation is 1. The molecule has 0 bridgehead atoms. The van der Waals surface area contributed by atoms with Gasteiger partial charge in [0.1, 0.15) is 0 Å². The number of hydrogen-bond donors (Lipinski definition) is 1. The first-order valence-corrected chi connectivity index (χ1v) is 6.58. The van der Waals surface area contributed by atoms with Gasteiger partial charge in [0, 0.05) is 12.8 Å². The Balaban J connectivity index is 1.68. The van der Waals surface area contributed by atoms with Gasteiger partial charge in [-0.3, -0.25) is 0 Å². The van der Waals surface area contributed by atoms with Crippen molar-refractivity contribution in [2.24, 2.45) is 0 Å². The first kappa shape index (κ1) is 11.5. The Hall–Kier alpha value is -1.60. The van der Waals surface area contributed by atoms with Crippen molar-refractivity contribution in [2.75, 3.05) is 0 Å². The predicted molar refractivity (Wildman–Crippen MR) is 73.6 cm³/mol. The van der Waals surface area contributed by atoms with Crippen molar-refractivity contribution in [3.63, 3.8) is 0 Å². The molecule has 1 aliphatic carbocycles. The molecule has 1 N–H and O–H groups in total. The largest absolute Gasteiger partial charge is 0.389 e. The Morgan fingerprint density at radius 2 is 1.39 bits per heavy atom. The summed E-state index contributed by atoms with van der Waals surface area (Å²) in [6.07, 6.45) is 3.39. The highest BCUT2D eigenvalue weighted by atomic mass is 16.3. The van der Waals surface area contributed by atoms with Gasteiger partial charge in [-0.2, -0.15) is 0 Å². The molecule has 0 aromatic heterocycles. The van der Waals surface area contributed by atoms with Crippen LogP contribution in [0.25, 0.3) is 0 Å². The zero-order chi connectivity index (χ0) is 12.4. The van der Waals surface area contributed by atoms with E-state index in [9.17, 15) is 5.11 Å². The Morgan fingerprint density at radius 3 is 2.00 bits per heavy atom. The smallest absolute Gasteiger partial charge is 0.0731 e. The topological polar surface area (TPSA) is 20.2 Å². The van der Waals surface area contributed by atoms with Gasteiger partial charge in [0.25, 0.3) is 0 Å². The summed E-state index contributed by atoms with van der Waals surface area (Å²) in [5, 5.41) is 10.7. The lowest BCUT2D eigenvalue weighted by atomic mass is 9.92. The van der Waals surface area contributed by atoms with Crippen LogP contribution < -0.4 is 0 Å². The molecule has 0 radical (unpaired) electrons. The van der Waals surface area contributed by atoms with Crippen molar-refractivity contribution in [3.05, 3.63) is 71.3 Å². The van der Waals surface area contributed by atoms with Crippen molar-refractivity contribution in [1.82, 2.24) is 0 Å². The van der Waals surface area contributed by atoms with Crippen LogP contribution in [0.1, 0.15) is 23.1 Å². The van der Waals surface area contributed by atoms with Crippen molar-refractivity contribution < 1.29 is 5.11 Å². The van der Waals surface area contributed by atoms with Gasteiger partial charge in [-0.15, -0.1) is 0 Å². The molecule has 0 atom stereocenters. The zero-order valence-electron chi connectivity index (χ0n) is 10.5. The normalized spacial score (nSPS) is 16.5. The minimum atomic E-state index is -0.542. The maximum Gasteiger partial charge on any atom is 0.0731 e. The second-order valence-electron chi connectivity index (χ2n) is 5.33. The van der Waals surface area contributed by atoms with E-state index in [1.54, 1.807) is 0 Å². The van der Waals surface area contributed by atoms with E-state index in [1.807, 2.05) is 6.07 Å². The average molecular weight is 238 g/mol. The summed E-state index contributed by atoms with van der Waals surface area (Å²) >= 11 is 0. The second kappa shape index (κ2) is 4.58. The number of rotatable bonds is 3. The average Bonchev–Trinajstić information content (AvgIpc) is 2.74. The summed E-state index contributed by atoms with van der Waals surface area (Å²) in [5.41, 5.74) is 3.39. The van der Waals surface area contributed by atoms with E-state index in [0.29, 0.717) is 0 Å². The van der Waals surface area contributed by atoms with Crippen LogP contribution in [0, 0.1) is 0 Å². The highest BCUT2D eigenvalue weighted by Crippen LogP contribution is 2.33. The van der Waals surface area contributed by atoms with Gasteiger partial charge in [-0.1, -0.05) is 54.6 Å². The summed E-state index contributed by atoms with van der Waals surface area (Å²) < 4.78 is 0. The molecule has 0 amide bonds. The molecule has 18 heavy (non-hydrogen) atoms. The third-order valence-electron chi connectivity index (χ3n) is 3.88. The van der Waals surface area contributed by atoms with Crippen LogP contribution in [-0.2, 0) is 19.3 Å². The van der Waals surface area contributed by atoms with Gasteiger partial charge in [0.05, 0.1) is 5.60 Å². The molecule has 0 spiro atoms. The van der Waals surface area contributed by atoms with Crippen molar-refractivity contribution >= 4 is 0 Å². The Morgan fingerprint density at radius 1 is 0.833 bits per heavy atom. The summed E-state index contributed by atoms with van der Waals surface area (Å²) in [6.45, 7) is 0. The lowest BCUT2D eigenvalue weighted by molar-refractivity contribution is 0.0427. The molecule has 2 aromatic carbocycles. The van der Waals surface area contributed by atoms with Crippen LogP contribution in [0.15, 0.2) is 54.6 Å². The van der Waals surface area contributed by atoms with Crippen molar-refractivity contribution in [1.29, 1.82) is 0 Å². The number of hydrogen-bond acceptors (Lipinski definition) is 1. The van der Waals surface area contributed by atoms with Crippen LogP contribution in [0.2, 0.25) is 0 Å². The van der Waals surface area contributed by atoms with E-state index < -0.39 is 5.60 Å². The Labute approximate surface area is 108 Å². The standard InChI is InChI=1S/C17H18O/c18-17(11-10-14-6-2-1-3-7-14)12-15-8-4-5-9-16(15)13-17/h1-9,18H,10-13H2. The second-order valence-corrected chi connectivity index (χ2v) is 5.33. The van der Waals surface area contributed by atoms with Gasteiger partial charge in [-0.25, -0.2) is 0 Å². The lowest BCUT2D eigenvalue weighted by Gasteiger charge is -2.22. The van der Waals surface area contributed by atoms with Gasteiger partial charge in [0.15, 0.2) is 0 Å². The molecule has 1 nitrogen and oxygen atoms in total. The van der Waals surface area contributed by atoms with Gasteiger partial charge in [0.2, 0.25) is 0 Å². The van der Waals surface area contributed by atoms with Gasteiger partial charge >= 0.3 is 0 Å². The van der Waals surface area contributed by atoms with Crippen LogP contribution in [0.5, 0.6) is 0 Å². The fourth-order valence-electron chi connectivity index (χ4n) is 2.87. The predicted octanol–water partition coefficient (Wildman–Crippen LogP) is 3.15. The van der Waals surface area contributed by atoms with E-state index >= 15 is 0 Å². The van der Waals surface area contributed by atoms with Crippen LogP contribution in [0.3, 0.4) is 0 Å². The van der Waals surface area contributed by atoms with E-state index in [2.05, 4.69) is 48.5 Å². The quantitative estimate of drug-likeness (QED) is 0.871. The van der Waals surface area contributed by atoms with E-state index in [4.69, 9.17) is 0 Å². The molecule has 0 aliphatic heterocycles.